The van der Waals surface area contributed by atoms with Gasteiger partial charge in [0.1, 0.15) is 4.21 Å². The minimum absolute atomic E-state index is 0.0201. The molecule has 3 N–H and O–H groups in total. The molecule has 0 unspecified atom stereocenters. The van der Waals surface area contributed by atoms with E-state index in [1.54, 1.807) is 24.3 Å². The number of H-pyrrole nitrogens is 1. The zero-order valence-corrected chi connectivity index (χ0v) is 17.2. The molecular formula is C17H17N7O4S2. The lowest BCUT2D eigenvalue weighted by atomic mass is 9.95. The van der Waals surface area contributed by atoms with E-state index in [4.69, 9.17) is 0 Å². The summed E-state index contributed by atoms with van der Waals surface area (Å²) in [5.74, 6) is 0.0000130. The topological polar surface area (TPSA) is 160 Å². The predicted molar refractivity (Wildman–Crippen MR) is 107 cm³/mol. The van der Waals surface area contributed by atoms with E-state index in [9.17, 15) is 18.0 Å². The van der Waals surface area contributed by atoms with Crippen molar-refractivity contribution in [2.45, 2.75) is 35.0 Å². The summed E-state index contributed by atoms with van der Waals surface area (Å²) >= 11 is 0.754. The summed E-state index contributed by atoms with van der Waals surface area (Å²) in [4.78, 5) is 29.1. The molecule has 2 aromatic heterocycles. The molecule has 1 aromatic carbocycles. The second-order valence-electron chi connectivity index (χ2n) is 6.66. The van der Waals surface area contributed by atoms with Crippen molar-refractivity contribution in [3.63, 3.8) is 0 Å². The summed E-state index contributed by atoms with van der Waals surface area (Å²) in [6.07, 6.45) is 4.89. The molecule has 1 aliphatic carbocycles. The number of carbonyl (C=O) groups excluding carboxylic acids is 2. The summed E-state index contributed by atoms with van der Waals surface area (Å²) < 4.78 is 24.6. The molecule has 0 bridgehead atoms. The van der Waals surface area contributed by atoms with Crippen LogP contribution < -0.4 is 10.6 Å². The number of aromatic nitrogens is 5. The summed E-state index contributed by atoms with van der Waals surface area (Å²) in [6, 6.07) is 6.18. The standard InChI is InChI=1S/C17H17N7O4S2/c25-14(10-5-1-2-6-10)11-7-3-4-8-12(11)19-15(26)20-16-18-9-13(29-16)30(27,28)17-21-23-24-22-17/h3-4,7-10H,1-2,5-6H2,(H2,18,19,20,26)(H,21,22,23,24). The summed E-state index contributed by atoms with van der Waals surface area (Å²) in [6.45, 7) is 0. The van der Waals surface area contributed by atoms with E-state index in [-0.39, 0.29) is 21.0 Å². The van der Waals surface area contributed by atoms with Gasteiger partial charge in [-0.1, -0.05) is 41.4 Å². The number of sulfone groups is 1. The number of hydrogen-bond acceptors (Lipinski definition) is 9. The lowest BCUT2D eigenvalue weighted by molar-refractivity contribution is 0.0923. The zero-order valence-electron chi connectivity index (χ0n) is 15.5. The third kappa shape index (κ3) is 4.07. The molecule has 0 aliphatic heterocycles. The van der Waals surface area contributed by atoms with Gasteiger partial charge in [0.05, 0.1) is 11.9 Å². The number of tetrazole rings is 1. The first-order chi connectivity index (χ1) is 14.4. The van der Waals surface area contributed by atoms with Crippen LogP contribution in [0.2, 0.25) is 0 Å². The van der Waals surface area contributed by atoms with Gasteiger partial charge in [0.2, 0.25) is 0 Å². The zero-order chi connectivity index (χ0) is 21.1. The molecule has 2 heterocycles. The highest BCUT2D eigenvalue weighted by molar-refractivity contribution is 7.93. The predicted octanol–water partition coefficient (Wildman–Crippen LogP) is 2.51. The Morgan fingerprint density at radius 3 is 2.63 bits per heavy atom. The van der Waals surface area contributed by atoms with Gasteiger partial charge in [0.25, 0.3) is 15.0 Å². The number of Topliss-reactive ketones (excluding diaryl/α,β-unsaturated/α-hetero) is 1. The lowest BCUT2D eigenvalue weighted by Crippen LogP contribution is -2.22. The second kappa shape index (κ2) is 8.28. The highest BCUT2D eigenvalue weighted by Gasteiger charge is 2.27. The van der Waals surface area contributed by atoms with Gasteiger partial charge in [-0.05, 0) is 35.4 Å². The van der Waals surface area contributed by atoms with Gasteiger partial charge in [-0.15, -0.1) is 0 Å². The van der Waals surface area contributed by atoms with Crippen molar-refractivity contribution in [2.24, 2.45) is 5.92 Å². The van der Waals surface area contributed by atoms with Crippen LogP contribution >= 0.6 is 11.3 Å². The maximum atomic E-state index is 12.8. The van der Waals surface area contributed by atoms with Crippen molar-refractivity contribution in [1.29, 1.82) is 0 Å². The average Bonchev–Trinajstić information content (AvgIpc) is 3.50. The maximum Gasteiger partial charge on any atom is 0.325 e. The minimum Gasteiger partial charge on any atom is -0.307 e. The molecule has 1 saturated carbocycles. The molecule has 3 aromatic rings. The van der Waals surface area contributed by atoms with Crippen molar-refractivity contribution < 1.29 is 18.0 Å². The normalized spacial score (nSPS) is 14.5. The number of thiazole rings is 1. The fourth-order valence-electron chi connectivity index (χ4n) is 3.27. The number of para-hydroxylation sites is 1. The molecule has 0 saturated heterocycles. The van der Waals surface area contributed by atoms with Gasteiger partial charge in [-0.25, -0.2) is 23.3 Å². The van der Waals surface area contributed by atoms with Crippen LogP contribution in [0.4, 0.5) is 15.6 Å². The molecule has 1 fully saturated rings. The smallest absolute Gasteiger partial charge is 0.307 e. The number of carbonyl (C=O) groups is 2. The van der Waals surface area contributed by atoms with Crippen LogP contribution in [-0.2, 0) is 9.84 Å². The molecule has 1 aliphatic rings. The highest BCUT2D eigenvalue weighted by Crippen LogP contribution is 2.31. The van der Waals surface area contributed by atoms with Crippen LogP contribution in [0.25, 0.3) is 0 Å². The number of nitrogens with zero attached hydrogens (tertiary/aromatic N) is 4. The second-order valence-corrected chi connectivity index (χ2v) is 9.79. The van der Waals surface area contributed by atoms with E-state index in [1.807, 2.05) is 0 Å². The Balaban J connectivity index is 1.46. The quantitative estimate of drug-likeness (QED) is 0.486. The Labute approximate surface area is 175 Å². The van der Waals surface area contributed by atoms with Crippen molar-refractivity contribution in [1.82, 2.24) is 25.6 Å². The first-order valence-corrected chi connectivity index (χ1v) is 11.4. The lowest BCUT2D eigenvalue weighted by Gasteiger charge is -2.13. The molecule has 13 heteroatoms. The molecule has 2 amide bonds. The number of benzene rings is 1. The average molecular weight is 448 g/mol. The van der Waals surface area contributed by atoms with Crippen molar-refractivity contribution in [3.8, 4) is 0 Å². The molecule has 0 radical (unpaired) electrons. The number of anilines is 2. The van der Waals surface area contributed by atoms with E-state index >= 15 is 0 Å². The Bertz CT molecular complexity index is 1170. The number of hydrogen-bond donors (Lipinski definition) is 3. The fraction of sp³-hybridized carbons (Fsp3) is 0.294. The first kappa shape index (κ1) is 20.1. The third-order valence-corrected chi connectivity index (χ3v) is 7.65. The van der Waals surface area contributed by atoms with Crippen molar-refractivity contribution >= 4 is 43.8 Å². The van der Waals surface area contributed by atoms with E-state index < -0.39 is 21.0 Å². The van der Waals surface area contributed by atoms with Gasteiger partial charge in [-0.2, -0.15) is 0 Å². The van der Waals surface area contributed by atoms with E-state index in [2.05, 4.69) is 36.2 Å². The Morgan fingerprint density at radius 2 is 1.90 bits per heavy atom. The monoisotopic (exact) mass is 447 g/mol. The number of urea groups is 1. The van der Waals surface area contributed by atoms with E-state index in [1.165, 1.54) is 0 Å². The van der Waals surface area contributed by atoms with Gasteiger partial charge in [0.15, 0.2) is 10.9 Å². The van der Waals surface area contributed by atoms with Gasteiger partial charge < -0.3 is 5.32 Å². The van der Waals surface area contributed by atoms with Crippen LogP contribution in [0.15, 0.2) is 39.8 Å². The summed E-state index contributed by atoms with van der Waals surface area (Å²) in [5.41, 5.74) is 0.851. The van der Waals surface area contributed by atoms with Gasteiger partial charge in [-0.3, -0.25) is 10.1 Å². The maximum absolute atomic E-state index is 12.8. The number of aromatic amines is 1. The number of nitrogens with one attached hydrogen (secondary N) is 3. The summed E-state index contributed by atoms with van der Waals surface area (Å²) in [7, 11) is -3.95. The Hall–Kier alpha value is -3.19. The molecule has 156 valence electrons. The third-order valence-electron chi connectivity index (χ3n) is 4.72. The highest BCUT2D eigenvalue weighted by atomic mass is 32.2. The van der Waals surface area contributed by atoms with Crippen LogP contribution in [0.5, 0.6) is 0 Å². The molecule has 0 atom stereocenters. The van der Waals surface area contributed by atoms with Crippen molar-refractivity contribution in [3.05, 3.63) is 36.0 Å². The molecule has 30 heavy (non-hydrogen) atoms. The summed E-state index contributed by atoms with van der Waals surface area (Å²) in [5, 5.41) is 16.8. The van der Waals surface area contributed by atoms with Crippen LogP contribution in [0.3, 0.4) is 0 Å². The largest absolute Gasteiger partial charge is 0.325 e. The Kier molecular flexibility index (Phi) is 5.55. The fourth-order valence-corrected chi connectivity index (χ4v) is 5.41. The minimum atomic E-state index is -3.95. The number of amides is 2. The molecule has 0 spiro atoms. The first-order valence-electron chi connectivity index (χ1n) is 9.11. The molecule has 4 rings (SSSR count). The SMILES string of the molecule is O=C(Nc1ncc(S(=O)(=O)c2nnn[nH]2)s1)Nc1ccccc1C(=O)C1CCCC1. The van der Waals surface area contributed by atoms with Crippen LogP contribution in [-0.4, -0.2) is 45.8 Å². The van der Waals surface area contributed by atoms with E-state index in [0.717, 1.165) is 43.2 Å². The molecular weight excluding hydrogens is 430 g/mol. The van der Waals surface area contributed by atoms with Crippen LogP contribution in [0.1, 0.15) is 36.0 Å². The van der Waals surface area contributed by atoms with Gasteiger partial charge >= 0.3 is 6.03 Å². The molecule has 11 nitrogen and oxygen atoms in total. The van der Waals surface area contributed by atoms with Crippen LogP contribution in [0, 0.1) is 5.92 Å². The number of ketones is 1. The Morgan fingerprint density at radius 1 is 1.13 bits per heavy atom. The van der Waals surface area contributed by atoms with Gasteiger partial charge in [0, 0.05) is 11.5 Å². The van der Waals surface area contributed by atoms with Crippen molar-refractivity contribution in [2.75, 3.05) is 10.6 Å². The van der Waals surface area contributed by atoms with E-state index in [0.29, 0.717) is 11.3 Å². The number of rotatable bonds is 6.